The van der Waals surface area contributed by atoms with Crippen molar-refractivity contribution >= 4 is 0 Å². The predicted octanol–water partition coefficient (Wildman–Crippen LogP) is 2.73. The van der Waals surface area contributed by atoms with Gasteiger partial charge in [-0.15, -0.1) is 0 Å². The van der Waals surface area contributed by atoms with Gasteiger partial charge in [-0.1, -0.05) is 12.2 Å². The first-order chi connectivity index (χ1) is 5.58. The third-order valence-electron chi connectivity index (χ3n) is 2.30. The van der Waals surface area contributed by atoms with E-state index in [0.29, 0.717) is 0 Å². The van der Waals surface area contributed by atoms with Crippen LogP contribution in [0.4, 0.5) is 0 Å². The highest BCUT2D eigenvalue weighted by Gasteiger charge is 2.14. The molecule has 1 aliphatic carbocycles. The number of allylic oxidation sites excluding steroid dienone is 2. The van der Waals surface area contributed by atoms with Crippen LogP contribution in [0.15, 0.2) is 12.2 Å². The molecule has 1 N–H and O–H groups in total. The van der Waals surface area contributed by atoms with Crippen LogP contribution in [0.2, 0.25) is 0 Å². The molecule has 0 amide bonds. The number of rotatable bonds is 2. The van der Waals surface area contributed by atoms with Crippen molar-refractivity contribution in [3.05, 3.63) is 12.2 Å². The van der Waals surface area contributed by atoms with E-state index in [1.807, 2.05) is 0 Å². The van der Waals surface area contributed by atoms with Gasteiger partial charge in [0.15, 0.2) is 0 Å². The van der Waals surface area contributed by atoms with Crippen molar-refractivity contribution in [2.24, 2.45) is 5.92 Å². The maximum absolute atomic E-state index is 3.56. The Balaban J connectivity index is 2.19. The fourth-order valence-electron chi connectivity index (χ4n) is 1.49. The SMILES string of the molecule is CC(C)(C)NC[C@@H]1CC=CCC1. The molecule has 0 heterocycles. The summed E-state index contributed by atoms with van der Waals surface area (Å²) in [4.78, 5) is 0. The molecule has 0 aromatic carbocycles. The van der Waals surface area contributed by atoms with Crippen molar-refractivity contribution in [2.75, 3.05) is 6.54 Å². The molecule has 12 heavy (non-hydrogen) atoms. The number of hydrogen-bond donors (Lipinski definition) is 1. The highest BCUT2D eigenvalue weighted by atomic mass is 14.9. The largest absolute Gasteiger partial charge is 0.312 e. The van der Waals surface area contributed by atoms with Crippen LogP contribution < -0.4 is 5.32 Å². The minimum Gasteiger partial charge on any atom is -0.312 e. The lowest BCUT2D eigenvalue weighted by atomic mass is 9.93. The zero-order valence-corrected chi connectivity index (χ0v) is 8.56. The molecule has 0 aromatic rings. The molecular formula is C11H21N. The van der Waals surface area contributed by atoms with Crippen LogP contribution in [-0.2, 0) is 0 Å². The zero-order valence-electron chi connectivity index (χ0n) is 8.56. The standard InChI is InChI=1S/C11H21N/c1-11(2,3)12-9-10-7-5-4-6-8-10/h4-5,10,12H,6-9H2,1-3H3/t10-/m1/s1. The molecule has 0 saturated heterocycles. The van der Waals surface area contributed by atoms with Gasteiger partial charge < -0.3 is 5.32 Å². The molecule has 0 fully saturated rings. The highest BCUT2D eigenvalue weighted by Crippen LogP contribution is 2.17. The zero-order chi connectivity index (χ0) is 9.03. The van der Waals surface area contributed by atoms with Gasteiger partial charge in [-0.05, 0) is 52.5 Å². The summed E-state index contributed by atoms with van der Waals surface area (Å²) in [5.74, 6) is 0.870. The van der Waals surface area contributed by atoms with E-state index in [9.17, 15) is 0 Å². The summed E-state index contributed by atoms with van der Waals surface area (Å²) in [5, 5.41) is 3.56. The fourth-order valence-corrected chi connectivity index (χ4v) is 1.49. The second-order valence-electron chi connectivity index (χ2n) is 4.78. The van der Waals surface area contributed by atoms with E-state index < -0.39 is 0 Å². The van der Waals surface area contributed by atoms with Crippen LogP contribution in [0.3, 0.4) is 0 Å². The molecule has 1 aliphatic rings. The molecule has 0 aliphatic heterocycles. The summed E-state index contributed by atoms with van der Waals surface area (Å²) >= 11 is 0. The average Bonchev–Trinajstić information content (AvgIpc) is 2.02. The second kappa shape index (κ2) is 4.08. The lowest BCUT2D eigenvalue weighted by Gasteiger charge is -2.25. The molecule has 0 radical (unpaired) electrons. The van der Waals surface area contributed by atoms with Crippen molar-refractivity contribution in [2.45, 2.75) is 45.6 Å². The van der Waals surface area contributed by atoms with Crippen molar-refractivity contribution in [3.8, 4) is 0 Å². The van der Waals surface area contributed by atoms with Crippen molar-refractivity contribution in [1.82, 2.24) is 5.32 Å². The van der Waals surface area contributed by atoms with Gasteiger partial charge >= 0.3 is 0 Å². The Labute approximate surface area is 76.2 Å². The van der Waals surface area contributed by atoms with Crippen molar-refractivity contribution in [3.63, 3.8) is 0 Å². The fraction of sp³-hybridized carbons (Fsp3) is 0.818. The highest BCUT2D eigenvalue weighted by molar-refractivity contribution is 4.91. The van der Waals surface area contributed by atoms with E-state index in [1.165, 1.54) is 25.8 Å². The van der Waals surface area contributed by atoms with Crippen LogP contribution in [0, 0.1) is 5.92 Å². The lowest BCUT2D eigenvalue weighted by Crippen LogP contribution is -2.39. The summed E-state index contributed by atoms with van der Waals surface area (Å²) in [5.41, 5.74) is 0.279. The number of nitrogens with one attached hydrogen (secondary N) is 1. The van der Waals surface area contributed by atoms with E-state index in [4.69, 9.17) is 0 Å². The van der Waals surface area contributed by atoms with Crippen LogP contribution >= 0.6 is 0 Å². The minimum atomic E-state index is 0.279. The maximum Gasteiger partial charge on any atom is 0.00966 e. The Morgan fingerprint density at radius 2 is 2.08 bits per heavy atom. The molecule has 0 aromatic heterocycles. The molecule has 0 bridgehead atoms. The third-order valence-corrected chi connectivity index (χ3v) is 2.30. The van der Waals surface area contributed by atoms with Gasteiger partial charge in [0.25, 0.3) is 0 Å². The molecule has 0 saturated carbocycles. The summed E-state index contributed by atoms with van der Waals surface area (Å²) in [6, 6.07) is 0. The van der Waals surface area contributed by atoms with Gasteiger partial charge in [0.2, 0.25) is 0 Å². The Hall–Kier alpha value is -0.300. The van der Waals surface area contributed by atoms with Gasteiger partial charge in [-0.3, -0.25) is 0 Å². The summed E-state index contributed by atoms with van der Waals surface area (Å²) in [6.07, 6.45) is 8.52. The first-order valence-corrected chi connectivity index (χ1v) is 4.98. The summed E-state index contributed by atoms with van der Waals surface area (Å²) < 4.78 is 0. The van der Waals surface area contributed by atoms with Crippen LogP contribution in [0.1, 0.15) is 40.0 Å². The molecule has 1 nitrogen and oxygen atoms in total. The van der Waals surface area contributed by atoms with Crippen LogP contribution in [-0.4, -0.2) is 12.1 Å². The first kappa shape index (κ1) is 9.79. The van der Waals surface area contributed by atoms with E-state index in [0.717, 1.165) is 5.92 Å². The molecule has 1 heteroatoms. The van der Waals surface area contributed by atoms with Gasteiger partial charge in [-0.25, -0.2) is 0 Å². The predicted molar refractivity (Wildman–Crippen MR) is 54.2 cm³/mol. The lowest BCUT2D eigenvalue weighted by molar-refractivity contribution is 0.356. The Morgan fingerprint density at radius 1 is 1.33 bits per heavy atom. The van der Waals surface area contributed by atoms with E-state index in [2.05, 4.69) is 38.2 Å². The molecule has 1 rings (SSSR count). The van der Waals surface area contributed by atoms with Gasteiger partial charge in [-0.2, -0.15) is 0 Å². The van der Waals surface area contributed by atoms with Crippen molar-refractivity contribution < 1.29 is 0 Å². The Bertz CT molecular complexity index is 153. The van der Waals surface area contributed by atoms with E-state index in [-0.39, 0.29) is 5.54 Å². The van der Waals surface area contributed by atoms with E-state index in [1.54, 1.807) is 0 Å². The molecule has 70 valence electrons. The normalized spacial score (nSPS) is 24.4. The maximum atomic E-state index is 3.56. The Morgan fingerprint density at radius 3 is 2.58 bits per heavy atom. The molecular weight excluding hydrogens is 146 g/mol. The first-order valence-electron chi connectivity index (χ1n) is 4.98. The van der Waals surface area contributed by atoms with Crippen LogP contribution in [0.5, 0.6) is 0 Å². The van der Waals surface area contributed by atoms with Gasteiger partial charge in [0.05, 0.1) is 0 Å². The number of hydrogen-bond acceptors (Lipinski definition) is 1. The second-order valence-corrected chi connectivity index (χ2v) is 4.78. The monoisotopic (exact) mass is 167 g/mol. The van der Waals surface area contributed by atoms with Crippen molar-refractivity contribution in [1.29, 1.82) is 0 Å². The topological polar surface area (TPSA) is 12.0 Å². The van der Waals surface area contributed by atoms with E-state index >= 15 is 0 Å². The third kappa shape index (κ3) is 3.91. The molecule has 1 atom stereocenters. The Kier molecular flexibility index (Phi) is 3.33. The average molecular weight is 167 g/mol. The minimum absolute atomic E-state index is 0.279. The van der Waals surface area contributed by atoms with Gasteiger partial charge in [0.1, 0.15) is 0 Å². The van der Waals surface area contributed by atoms with Crippen LogP contribution in [0.25, 0.3) is 0 Å². The molecule has 0 spiro atoms. The quantitative estimate of drug-likeness (QED) is 0.624. The van der Waals surface area contributed by atoms with Gasteiger partial charge in [0, 0.05) is 5.54 Å². The summed E-state index contributed by atoms with van der Waals surface area (Å²) in [7, 11) is 0. The smallest absolute Gasteiger partial charge is 0.00966 e. The summed E-state index contributed by atoms with van der Waals surface area (Å²) in [6.45, 7) is 7.86. The molecule has 0 unspecified atom stereocenters.